The SMILES string of the molecule is C=NC(=O)[C@@H]1CNC[C@H]1c1ccc(Cl)cc1F. The molecule has 1 aliphatic heterocycles. The van der Waals surface area contributed by atoms with Crippen molar-refractivity contribution < 1.29 is 9.18 Å². The Bertz CT molecular complexity index is 464. The summed E-state index contributed by atoms with van der Waals surface area (Å²) in [7, 11) is 0. The summed E-state index contributed by atoms with van der Waals surface area (Å²) in [6.07, 6.45) is 0. The van der Waals surface area contributed by atoms with Gasteiger partial charge in [0.15, 0.2) is 0 Å². The zero-order valence-electron chi connectivity index (χ0n) is 9.12. The standard InChI is InChI=1S/C12H12ClFN2O/c1-15-12(17)10-6-16-5-9(10)8-3-2-7(13)4-11(8)14/h2-4,9-10,16H,1,5-6H2/t9-,10+/m0/s1. The van der Waals surface area contributed by atoms with E-state index in [9.17, 15) is 9.18 Å². The highest BCUT2D eigenvalue weighted by Crippen LogP contribution is 2.31. The Hall–Kier alpha value is -1.26. The summed E-state index contributed by atoms with van der Waals surface area (Å²) in [6, 6.07) is 4.51. The summed E-state index contributed by atoms with van der Waals surface area (Å²) in [6.45, 7) is 4.29. The summed E-state index contributed by atoms with van der Waals surface area (Å²) >= 11 is 5.70. The lowest BCUT2D eigenvalue weighted by Crippen LogP contribution is -2.20. The van der Waals surface area contributed by atoms with Gasteiger partial charge in [-0.3, -0.25) is 4.79 Å². The highest BCUT2D eigenvalue weighted by atomic mass is 35.5. The van der Waals surface area contributed by atoms with Crippen molar-refractivity contribution in [1.29, 1.82) is 0 Å². The molecule has 1 aliphatic rings. The lowest BCUT2D eigenvalue weighted by atomic mass is 9.88. The monoisotopic (exact) mass is 254 g/mol. The molecule has 0 aliphatic carbocycles. The van der Waals surface area contributed by atoms with Crippen LogP contribution in [0.1, 0.15) is 11.5 Å². The molecule has 3 nitrogen and oxygen atoms in total. The minimum Gasteiger partial charge on any atom is -0.315 e. The molecule has 0 bridgehead atoms. The van der Waals surface area contributed by atoms with E-state index in [0.717, 1.165) is 0 Å². The van der Waals surface area contributed by atoms with E-state index in [1.807, 2.05) is 0 Å². The van der Waals surface area contributed by atoms with Gasteiger partial charge < -0.3 is 5.32 Å². The second-order valence-electron chi connectivity index (χ2n) is 4.03. The van der Waals surface area contributed by atoms with Crippen LogP contribution in [0.15, 0.2) is 23.2 Å². The molecule has 0 saturated carbocycles. The number of nitrogens with one attached hydrogen (secondary N) is 1. The van der Waals surface area contributed by atoms with Crippen LogP contribution < -0.4 is 5.32 Å². The summed E-state index contributed by atoms with van der Waals surface area (Å²) in [5, 5.41) is 3.42. The Labute approximate surface area is 104 Å². The normalized spacial score (nSPS) is 23.6. The van der Waals surface area contributed by atoms with E-state index in [0.29, 0.717) is 23.7 Å². The topological polar surface area (TPSA) is 41.5 Å². The zero-order chi connectivity index (χ0) is 12.4. The number of rotatable bonds is 2. The lowest BCUT2D eigenvalue weighted by Gasteiger charge is -2.16. The predicted molar refractivity (Wildman–Crippen MR) is 65.1 cm³/mol. The third-order valence-corrected chi connectivity index (χ3v) is 3.28. The zero-order valence-corrected chi connectivity index (χ0v) is 9.88. The van der Waals surface area contributed by atoms with Gasteiger partial charge in [0.2, 0.25) is 5.91 Å². The van der Waals surface area contributed by atoms with Crippen molar-refractivity contribution in [3.8, 4) is 0 Å². The van der Waals surface area contributed by atoms with Crippen LogP contribution in [0.25, 0.3) is 0 Å². The molecule has 5 heteroatoms. The molecule has 1 fully saturated rings. The fourth-order valence-electron chi connectivity index (χ4n) is 2.18. The summed E-state index contributed by atoms with van der Waals surface area (Å²) in [5.74, 6) is -1.23. The highest BCUT2D eigenvalue weighted by Gasteiger charge is 2.34. The first-order chi connectivity index (χ1) is 8.13. The van der Waals surface area contributed by atoms with Gasteiger partial charge in [0.05, 0.1) is 5.92 Å². The maximum Gasteiger partial charge on any atom is 0.250 e. The molecule has 1 heterocycles. The fraction of sp³-hybridized carbons (Fsp3) is 0.333. The van der Waals surface area contributed by atoms with Crippen molar-refractivity contribution in [2.75, 3.05) is 13.1 Å². The smallest absolute Gasteiger partial charge is 0.250 e. The van der Waals surface area contributed by atoms with Crippen molar-refractivity contribution >= 4 is 24.2 Å². The van der Waals surface area contributed by atoms with Crippen molar-refractivity contribution in [3.05, 3.63) is 34.6 Å². The summed E-state index contributed by atoms with van der Waals surface area (Å²) in [5.41, 5.74) is 0.501. The van der Waals surface area contributed by atoms with E-state index in [4.69, 9.17) is 11.6 Å². The molecular weight excluding hydrogens is 243 g/mol. The summed E-state index contributed by atoms with van der Waals surface area (Å²) in [4.78, 5) is 15.0. The molecule has 0 radical (unpaired) electrons. The molecule has 1 aromatic rings. The van der Waals surface area contributed by atoms with Crippen LogP contribution in [0.5, 0.6) is 0 Å². The Morgan fingerprint density at radius 3 is 2.94 bits per heavy atom. The van der Waals surface area contributed by atoms with E-state index in [-0.39, 0.29) is 23.6 Å². The number of halogens is 2. The van der Waals surface area contributed by atoms with Crippen LogP contribution in [-0.2, 0) is 4.79 Å². The van der Waals surface area contributed by atoms with E-state index in [1.54, 1.807) is 12.1 Å². The largest absolute Gasteiger partial charge is 0.315 e. The Balaban J connectivity index is 2.32. The second kappa shape index (κ2) is 4.94. The molecule has 2 rings (SSSR count). The number of aliphatic imine (C=N–C) groups is 1. The molecule has 17 heavy (non-hydrogen) atoms. The van der Waals surface area contributed by atoms with Crippen LogP contribution in [0.4, 0.5) is 4.39 Å². The predicted octanol–water partition coefficient (Wildman–Crippen LogP) is 2.01. The summed E-state index contributed by atoms with van der Waals surface area (Å²) < 4.78 is 13.8. The minimum atomic E-state index is -0.381. The average molecular weight is 255 g/mol. The van der Waals surface area contributed by atoms with Crippen LogP contribution in [-0.4, -0.2) is 25.7 Å². The molecule has 1 N–H and O–H groups in total. The Kier molecular flexibility index (Phi) is 3.54. The number of carbonyl (C=O) groups is 1. The number of amides is 1. The molecule has 90 valence electrons. The third-order valence-electron chi connectivity index (χ3n) is 3.05. The maximum absolute atomic E-state index is 13.8. The van der Waals surface area contributed by atoms with Crippen molar-refractivity contribution in [2.24, 2.45) is 10.9 Å². The first kappa shape index (κ1) is 12.2. The van der Waals surface area contributed by atoms with Gasteiger partial charge in [0.1, 0.15) is 5.82 Å². The molecule has 1 saturated heterocycles. The first-order valence-electron chi connectivity index (χ1n) is 5.29. The molecule has 0 spiro atoms. The first-order valence-corrected chi connectivity index (χ1v) is 5.67. The van der Waals surface area contributed by atoms with Crippen molar-refractivity contribution in [3.63, 3.8) is 0 Å². The van der Waals surface area contributed by atoms with E-state index in [1.165, 1.54) is 6.07 Å². The van der Waals surface area contributed by atoms with Crippen LogP contribution in [0, 0.1) is 11.7 Å². The van der Waals surface area contributed by atoms with E-state index in [2.05, 4.69) is 17.0 Å². The average Bonchev–Trinajstić information content (AvgIpc) is 2.77. The van der Waals surface area contributed by atoms with Gasteiger partial charge in [-0.25, -0.2) is 9.38 Å². The number of hydrogen-bond donors (Lipinski definition) is 1. The lowest BCUT2D eigenvalue weighted by molar-refractivity contribution is -0.121. The molecule has 1 amide bonds. The Morgan fingerprint density at radius 2 is 2.29 bits per heavy atom. The van der Waals surface area contributed by atoms with Crippen molar-refractivity contribution in [2.45, 2.75) is 5.92 Å². The fourth-order valence-corrected chi connectivity index (χ4v) is 2.34. The molecule has 0 aromatic heterocycles. The van der Waals surface area contributed by atoms with Gasteiger partial charge in [-0.05, 0) is 24.4 Å². The van der Waals surface area contributed by atoms with Crippen LogP contribution in [0.2, 0.25) is 5.02 Å². The third kappa shape index (κ3) is 2.37. The quantitative estimate of drug-likeness (QED) is 0.821. The van der Waals surface area contributed by atoms with Crippen molar-refractivity contribution in [1.82, 2.24) is 5.32 Å². The minimum absolute atomic E-state index is 0.203. The molecule has 2 atom stereocenters. The number of nitrogens with zero attached hydrogens (tertiary/aromatic N) is 1. The number of hydrogen-bond acceptors (Lipinski definition) is 2. The van der Waals surface area contributed by atoms with E-state index < -0.39 is 0 Å². The maximum atomic E-state index is 13.8. The number of benzene rings is 1. The van der Waals surface area contributed by atoms with E-state index >= 15 is 0 Å². The highest BCUT2D eigenvalue weighted by molar-refractivity contribution is 6.30. The van der Waals surface area contributed by atoms with Crippen LogP contribution in [0.3, 0.4) is 0 Å². The Morgan fingerprint density at radius 1 is 1.53 bits per heavy atom. The molecule has 0 unspecified atom stereocenters. The van der Waals surface area contributed by atoms with Gasteiger partial charge in [-0.15, -0.1) is 0 Å². The van der Waals surface area contributed by atoms with Gasteiger partial charge in [-0.1, -0.05) is 17.7 Å². The van der Waals surface area contributed by atoms with Crippen LogP contribution >= 0.6 is 11.6 Å². The second-order valence-corrected chi connectivity index (χ2v) is 4.47. The van der Waals surface area contributed by atoms with Gasteiger partial charge in [0, 0.05) is 24.0 Å². The van der Waals surface area contributed by atoms with Gasteiger partial charge in [-0.2, -0.15) is 0 Å². The molecule has 1 aromatic carbocycles. The van der Waals surface area contributed by atoms with Gasteiger partial charge in [0.25, 0.3) is 0 Å². The molecular formula is C12H12ClFN2O. The number of carbonyl (C=O) groups excluding carboxylic acids is 1. The van der Waals surface area contributed by atoms with Gasteiger partial charge >= 0.3 is 0 Å².